The largest absolute Gasteiger partial charge is 0.343 e. The predicted molar refractivity (Wildman–Crippen MR) is 107 cm³/mol. The van der Waals surface area contributed by atoms with Crippen molar-refractivity contribution >= 4 is 27.5 Å². The van der Waals surface area contributed by atoms with Crippen molar-refractivity contribution < 1.29 is 9.18 Å². The van der Waals surface area contributed by atoms with Gasteiger partial charge < -0.3 is 4.90 Å². The quantitative estimate of drug-likeness (QED) is 0.661. The number of hydrogen-bond acceptors (Lipinski definition) is 5. The standard InChI is InChI=1S/C20H19FN4O2S/c1-12-17(14-5-7-15(21)8-6-14)18-19(28-12)23-13(2)25(20(18)27)11-16(26)24(3)10-4-9-22/h5-8H,4,10-11H2,1-3H3. The average molecular weight is 398 g/mol. The van der Waals surface area contributed by atoms with E-state index in [0.717, 1.165) is 16.0 Å². The number of amides is 1. The molecule has 0 aliphatic carbocycles. The fourth-order valence-electron chi connectivity index (χ4n) is 3.05. The summed E-state index contributed by atoms with van der Waals surface area (Å²) in [6.45, 7) is 3.74. The molecule has 6 nitrogen and oxygen atoms in total. The number of hydrogen-bond donors (Lipinski definition) is 0. The molecule has 0 saturated carbocycles. The van der Waals surface area contributed by atoms with Gasteiger partial charge in [-0.2, -0.15) is 5.26 Å². The number of thiophene rings is 1. The maximum atomic E-state index is 13.3. The fourth-order valence-corrected chi connectivity index (χ4v) is 4.13. The molecule has 0 unspecified atom stereocenters. The van der Waals surface area contributed by atoms with E-state index in [1.54, 1.807) is 26.1 Å². The van der Waals surface area contributed by atoms with E-state index in [1.807, 2.05) is 13.0 Å². The zero-order valence-electron chi connectivity index (χ0n) is 15.8. The zero-order chi connectivity index (χ0) is 20.4. The lowest BCUT2D eigenvalue weighted by Gasteiger charge is -2.17. The summed E-state index contributed by atoms with van der Waals surface area (Å²) in [7, 11) is 1.60. The third kappa shape index (κ3) is 3.66. The first-order valence-corrected chi connectivity index (χ1v) is 9.52. The van der Waals surface area contributed by atoms with Gasteiger partial charge in [-0.25, -0.2) is 9.37 Å². The van der Waals surface area contributed by atoms with E-state index in [4.69, 9.17) is 5.26 Å². The van der Waals surface area contributed by atoms with Gasteiger partial charge in [0.1, 0.15) is 23.0 Å². The number of aryl methyl sites for hydroxylation is 2. The van der Waals surface area contributed by atoms with Crippen molar-refractivity contribution in [1.29, 1.82) is 5.26 Å². The fraction of sp³-hybridized carbons (Fsp3) is 0.300. The van der Waals surface area contributed by atoms with E-state index in [9.17, 15) is 14.0 Å². The Morgan fingerprint density at radius 3 is 2.64 bits per heavy atom. The van der Waals surface area contributed by atoms with E-state index < -0.39 is 0 Å². The summed E-state index contributed by atoms with van der Waals surface area (Å²) in [5.74, 6) is -0.165. The molecule has 144 valence electrons. The summed E-state index contributed by atoms with van der Waals surface area (Å²) >= 11 is 1.40. The van der Waals surface area contributed by atoms with Crippen molar-refractivity contribution in [1.82, 2.24) is 14.5 Å². The molecule has 0 atom stereocenters. The molecule has 2 heterocycles. The smallest absolute Gasteiger partial charge is 0.263 e. The van der Waals surface area contributed by atoms with Crippen LogP contribution in [0.5, 0.6) is 0 Å². The van der Waals surface area contributed by atoms with Crippen LogP contribution in [0.3, 0.4) is 0 Å². The minimum absolute atomic E-state index is 0.146. The molecule has 2 aromatic heterocycles. The van der Waals surface area contributed by atoms with Crippen LogP contribution in [-0.4, -0.2) is 34.0 Å². The van der Waals surface area contributed by atoms with Crippen molar-refractivity contribution in [2.75, 3.05) is 13.6 Å². The number of carbonyl (C=O) groups excluding carboxylic acids is 1. The second-order valence-corrected chi connectivity index (χ2v) is 7.70. The van der Waals surface area contributed by atoms with Crippen LogP contribution in [0.2, 0.25) is 0 Å². The highest BCUT2D eigenvalue weighted by Gasteiger charge is 2.20. The Morgan fingerprint density at radius 1 is 1.32 bits per heavy atom. The summed E-state index contributed by atoms with van der Waals surface area (Å²) < 4.78 is 14.7. The van der Waals surface area contributed by atoms with E-state index in [1.165, 1.54) is 32.9 Å². The van der Waals surface area contributed by atoms with Gasteiger partial charge in [-0.05, 0) is 31.5 Å². The van der Waals surface area contributed by atoms with Crippen molar-refractivity contribution in [2.24, 2.45) is 0 Å². The van der Waals surface area contributed by atoms with Gasteiger partial charge in [0, 0.05) is 24.0 Å². The molecular formula is C20H19FN4O2S. The number of nitriles is 1. The second kappa shape index (κ2) is 7.90. The highest BCUT2D eigenvalue weighted by Crippen LogP contribution is 2.35. The van der Waals surface area contributed by atoms with Gasteiger partial charge in [-0.1, -0.05) is 12.1 Å². The molecule has 28 heavy (non-hydrogen) atoms. The normalized spacial score (nSPS) is 10.8. The van der Waals surface area contributed by atoms with Crippen LogP contribution in [0, 0.1) is 31.0 Å². The lowest BCUT2D eigenvalue weighted by atomic mass is 10.0. The third-order valence-corrected chi connectivity index (χ3v) is 5.59. The average Bonchev–Trinajstić information content (AvgIpc) is 2.99. The summed E-state index contributed by atoms with van der Waals surface area (Å²) in [6.07, 6.45) is 0.228. The molecule has 0 aliphatic heterocycles. The highest BCUT2D eigenvalue weighted by atomic mass is 32.1. The van der Waals surface area contributed by atoms with E-state index in [2.05, 4.69) is 4.98 Å². The van der Waals surface area contributed by atoms with Crippen molar-refractivity contribution in [3.8, 4) is 17.2 Å². The van der Waals surface area contributed by atoms with Crippen LogP contribution in [-0.2, 0) is 11.3 Å². The molecule has 1 aromatic carbocycles. The summed E-state index contributed by atoms with van der Waals surface area (Å²) in [5, 5.41) is 9.11. The van der Waals surface area contributed by atoms with Crippen LogP contribution in [0.25, 0.3) is 21.3 Å². The first-order valence-electron chi connectivity index (χ1n) is 8.71. The van der Waals surface area contributed by atoms with Gasteiger partial charge in [0.05, 0.1) is 17.9 Å². The molecule has 1 amide bonds. The number of fused-ring (bicyclic) bond motifs is 1. The minimum Gasteiger partial charge on any atom is -0.343 e. The van der Waals surface area contributed by atoms with E-state index in [-0.39, 0.29) is 30.2 Å². The van der Waals surface area contributed by atoms with Crippen LogP contribution < -0.4 is 5.56 Å². The molecule has 0 saturated heterocycles. The van der Waals surface area contributed by atoms with Crippen LogP contribution in [0.1, 0.15) is 17.1 Å². The number of likely N-dealkylation sites (N-methyl/N-ethyl adjacent to an activating group) is 1. The molecule has 3 rings (SSSR count). The Hall–Kier alpha value is -3.05. The lowest BCUT2D eigenvalue weighted by molar-refractivity contribution is -0.130. The molecule has 0 bridgehead atoms. The number of nitrogens with zero attached hydrogens (tertiary/aromatic N) is 4. The molecular weight excluding hydrogens is 379 g/mol. The Kier molecular flexibility index (Phi) is 5.56. The predicted octanol–water partition coefficient (Wildman–Crippen LogP) is 3.25. The SMILES string of the molecule is Cc1sc2nc(C)n(CC(=O)N(C)CCC#N)c(=O)c2c1-c1ccc(F)cc1. The summed E-state index contributed by atoms with van der Waals surface area (Å²) in [4.78, 5) is 33.1. The molecule has 0 fully saturated rings. The maximum absolute atomic E-state index is 13.3. The number of aromatic nitrogens is 2. The second-order valence-electron chi connectivity index (χ2n) is 6.49. The summed E-state index contributed by atoms with van der Waals surface area (Å²) in [6, 6.07) is 7.97. The van der Waals surface area contributed by atoms with Crippen molar-refractivity contribution in [2.45, 2.75) is 26.8 Å². The monoisotopic (exact) mass is 398 g/mol. The molecule has 0 radical (unpaired) electrons. The zero-order valence-corrected chi connectivity index (χ0v) is 16.6. The van der Waals surface area contributed by atoms with Crippen molar-refractivity contribution in [3.05, 3.63) is 51.1 Å². The van der Waals surface area contributed by atoms with Crippen LogP contribution >= 0.6 is 11.3 Å². The van der Waals surface area contributed by atoms with Gasteiger partial charge in [-0.15, -0.1) is 11.3 Å². The van der Waals surface area contributed by atoms with Gasteiger partial charge in [0.2, 0.25) is 5.91 Å². The van der Waals surface area contributed by atoms with Gasteiger partial charge in [0.15, 0.2) is 0 Å². The molecule has 8 heteroatoms. The minimum atomic E-state index is -0.349. The Balaban J connectivity index is 2.10. The van der Waals surface area contributed by atoms with E-state index in [0.29, 0.717) is 22.6 Å². The molecule has 0 spiro atoms. The van der Waals surface area contributed by atoms with Gasteiger partial charge >= 0.3 is 0 Å². The Bertz CT molecular complexity index is 1140. The number of rotatable bonds is 5. The third-order valence-electron chi connectivity index (χ3n) is 4.59. The van der Waals surface area contributed by atoms with Crippen LogP contribution in [0.15, 0.2) is 29.1 Å². The molecule has 3 aromatic rings. The number of carbonyl (C=O) groups is 1. The highest BCUT2D eigenvalue weighted by molar-refractivity contribution is 7.19. The first-order chi connectivity index (χ1) is 13.3. The number of halogens is 1. The summed E-state index contributed by atoms with van der Waals surface area (Å²) in [5.41, 5.74) is 1.15. The van der Waals surface area contributed by atoms with E-state index >= 15 is 0 Å². The van der Waals surface area contributed by atoms with Crippen molar-refractivity contribution in [3.63, 3.8) is 0 Å². The Morgan fingerprint density at radius 2 is 2.00 bits per heavy atom. The molecule has 0 aliphatic rings. The van der Waals surface area contributed by atoms with Gasteiger partial charge in [-0.3, -0.25) is 14.2 Å². The topological polar surface area (TPSA) is 79.0 Å². The molecule has 0 N–H and O–H groups in total. The van der Waals surface area contributed by atoms with Gasteiger partial charge in [0.25, 0.3) is 5.56 Å². The first kappa shape index (κ1) is 19.7. The lowest BCUT2D eigenvalue weighted by Crippen LogP contribution is -2.35. The van der Waals surface area contributed by atoms with Crippen LogP contribution in [0.4, 0.5) is 4.39 Å². The number of benzene rings is 1. The Labute approximate surface area is 165 Å². The maximum Gasteiger partial charge on any atom is 0.263 e.